The van der Waals surface area contributed by atoms with Gasteiger partial charge in [-0.1, -0.05) is 30.7 Å². The number of esters is 1. The van der Waals surface area contributed by atoms with Crippen molar-refractivity contribution < 1.29 is 43.2 Å². The largest absolute Gasteiger partial charge is 0.459 e. The third kappa shape index (κ3) is 10.3. The lowest BCUT2D eigenvalue weighted by atomic mass is 9.87. The summed E-state index contributed by atoms with van der Waals surface area (Å²) in [5, 5.41) is 16.8. The van der Waals surface area contributed by atoms with Crippen molar-refractivity contribution in [2.24, 2.45) is 11.7 Å². The summed E-state index contributed by atoms with van der Waals surface area (Å²) in [4.78, 5) is 47.5. The number of benzene rings is 1. The van der Waals surface area contributed by atoms with Gasteiger partial charge in [-0.2, -0.15) is 0 Å². The second-order valence-electron chi connectivity index (χ2n) is 12.8. The minimum absolute atomic E-state index is 0.0319. The highest BCUT2D eigenvalue weighted by atomic mass is 16.6. The molecule has 1 spiro atoms. The van der Waals surface area contributed by atoms with Gasteiger partial charge in [-0.05, 0) is 69.9 Å². The summed E-state index contributed by atoms with van der Waals surface area (Å²) in [6.07, 6.45) is 7.94. The summed E-state index contributed by atoms with van der Waals surface area (Å²) in [6.45, 7) is 9.42. The third-order valence-corrected chi connectivity index (χ3v) is 8.79. The Labute approximate surface area is 275 Å². The van der Waals surface area contributed by atoms with Gasteiger partial charge in [-0.15, -0.1) is 0 Å². The first-order chi connectivity index (χ1) is 22.2. The summed E-state index contributed by atoms with van der Waals surface area (Å²) in [6, 6.07) is 6.17. The van der Waals surface area contributed by atoms with Gasteiger partial charge in [0.2, 0.25) is 17.7 Å². The number of nitrogens with one attached hydrogen (secondary N) is 2. The number of nitrogens with two attached hydrogens (primary N) is 1. The van der Waals surface area contributed by atoms with Crippen LogP contribution >= 0.6 is 0 Å². The van der Waals surface area contributed by atoms with E-state index < -0.39 is 41.9 Å². The number of anilines is 1. The van der Waals surface area contributed by atoms with Crippen LogP contribution in [0.3, 0.4) is 0 Å². The van der Waals surface area contributed by atoms with Gasteiger partial charge in [0, 0.05) is 30.7 Å². The number of primary amides is 1. The normalized spacial score (nSPS) is 31.4. The van der Waals surface area contributed by atoms with Crippen LogP contribution in [0.1, 0.15) is 70.7 Å². The van der Waals surface area contributed by atoms with E-state index in [-0.39, 0.29) is 42.4 Å². The quantitative estimate of drug-likeness (QED) is 0.114. The number of aliphatic hydroxyl groups is 1. The molecule has 0 saturated carbocycles. The van der Waals surface area contributed by atoms with Gasteiger partial charge in [0.15, 0.2) is 0 Å². The second-order valence-corrected chi connectivity index (χ2v) is 12.8. The SMILES string of the molecule is CC(=O)O[C@@H](C)/C=C\C(=O)N[C@@H]1C[C@H](C)[C@H](C/C=C(C)/C=C/[C@H]2O[C@H](CC(=O)Nc3ccc(C(N)=O)cc3)C[C@@]3(CO3)C2O)O[C@@H]1C. The first kappa shape index (κ1) is 36.0. The average molecular weight is 654 g/mol. The van der Waals surface area contributed by atoms with Crippen molar-refractivity contribution in [3.05, 3.63) is 65.8 Å². The molecule has 9 atom stereocenters. The highest BCUT2D eigenvalue weighted by Gasteiger charge is 2.58. The number of epoxide rings is 1. The van der Waals surface area contributed by atoms with Crippen LogP contribution < -0.4 is 16.4 Å². The molecule has 47 heavy (non-hydrogen) atoms. The predicted octanol–water partition coefficient (Wildman–Crippen LogP) is 3.10. The molecule has 3 amide bonds. The molecule has 3 heterocycles. The van der Waals surface area contributed by atoms with E-state index in [0.29, 0.717) is 30.7 Å². The highest BCUT2D eigenvalue weighted by molar-refractivity contribution is 5.95. The summed E-state index contributed by atoms with van der Waals surface area (Å²) in [5.41, 5.74) is 6.42. The first-order valence-electron chi connectivity index (χ1n) is 16.1. The molecule has 4 rings (SSSR count). The van der Waals surface area contributed by atoms with Gasteiger partial charge in [-0.25, -0.2) is 0 Å². The van der Waals surface area contributed by atoms with Crippen LogP contribution in [-0.4, -0.2) is 83.7 Å². The minimum atomic E-state index is -0.860. The van der Waals surface area contributed by atoms with Crippen molar-refractivity contribution in [3.63, 3.8) is 0 Å². The molecule has 3 aliphatic rings. The Bertz CT molecular complexity index is 1380. The third-order valence-electron chi connectivity index (χ3n) is 8.79. The number of aliphatic hydroxyl groups excluding tert-OH is 1. The molecule has 0 radical (unpaired) electrons. The van der Waals surface area contributed by atoms with Crippen molar-refractivity contribution >= 4 is 29.4 Å². The van der Waals surface area contributed by atoms with E-state index in [9.17, 15) is 24.3 Å². The molecule has 12 heteroatoms. The van der Waals surface area contributed by atoms with Crippen molar-refractivity contribution in [2.45, 2.75) is 109 Å². The van der Waals surface area contributed by atoms with Crippen molar-refractivity contribution in [3.8, 4) is 0 Å². The van der Waals surface area contributed by atoms with Crippen LogP contribution in [0.15, 0.2) is 60.2 Å². The monoisotopic (exact) mass is 653 g/mol. The number of ether oxygens (including phenoxy) is 4. The van der Waals surface area contributed by atoms with Gasteiger partial charge in [0.1, 0.15) is 23.9 Å². The van der Waals surface area contributed by atoms with Crippen LogP contribution in [0.5, 0.6) is 0 Å². The van der Waals surface area contributed by atoms with E-state index in [2.05, 4.69) is 23.6 Å². The van der Waals surface area contributed by atoms with Gasteiger partial charge in [0.25, 0.3) is 0 Å². The molecule has 12 nitrogen and oxygen atoms in total. The predicted molar refractivity (Wildman–Crippen MR) is 174 cm³/mol. The Hall–Kier alpha value is -3.84. The summed E-state index contributed by atoms with van der Waals surface area (Å²) >= 11 is 0. The van der Waals surface area contributed by atoms with Crippen LogP contribution in [0.2, 0.25) is 0 Å². The summed E-state index contributed by atoms with van der Waals surface area (Å²) in [5.74, 6) is -1.27. The van der Waals surface area contributed by atoms with Gasteiger partial charge < -0.3 is 40.4 Å². The molecule has 0 bridgehead atoms. The average Bonchev–Trinajstić information content (AvgIpc) is 3.77. The Balaban J connectivity index is 1.27. The summed E-state index contributed by atoms with van der Waals surface area (Å²) in [7, 11) is 0. The lowest BCUT2D eigenvalue weighted by Gasteiger charge is -2.39. The fourth-order valence-electron chi connectivity index (χ4n) is 6.02. The van der Waals surface area contributed by atoms with Crippen molar-refractivity contribution in [1.29, 1.82) is 0 Å². The molecule has 0 aliphatic carbocycles. The zero-order valence-electron chi connectivity index (χ0n) is 27.6. The lowest BCUT2D eigenvalue weighted by Crippen LogP contribution is -2.50. The Kier molecular flexibility index (Phi) is 12.1. The Morgan fingerprint density at radius 3 is 2.47 bits per heavy atom. The second kappa shape index (κ2) is 15.8. The Morgan fingerprint density at radius 1 is 1.13 bits per heavy atom. The fourth-order valence-corrected chi connectivity index (χ4v) is 6.02. The minimum Gasteiger partial charge on any atom is -0.459 e. The maximum absolute atomic E-state index is 12.8. The van der Waals surface area contributed by atoms with Crippen molar-refractivity contribution in [2.75, 3.05) is 11.9 Å². The highest BCUT2D eigenvalue weighted by Crippen LogP contribution is 2.43. The van der Waals surface area contributed by atoms with E-state index in [1.54, 1.807) is 37.3 Å². The van der Waals surface area contributed by atoms with Gasteiger partial charge in [-0.3, -0.25) is 19.2 Å². The van der Waals surface area contributed by atoms with Crippen molar-refractivity contribution in [1.82, 2.24) is 5.32 Å². The van der Waals surface area contributed by atoms with E-state index >= 15 is 0 Å². The lowest BCUT2D eigenvalue weighted by molar-refractivity contribution is -0.143. The number of allylic oxidation sites excluding steroid dienone is 2. The van der Waals surface area contributed by atoms with Crippen LogP contribution in [0, 0.1) is 5.92 Å². The molecule has 1 unspecified atom stereocenters. The number of carbonyl (C=O) groups excluding carboxylic acids is 4. The molecule has 3 aliphatic heterocycles. The summed E-state index contributed by atoms with van der Waals surface area (Å²) < 4.78 is 23.1. The molecular weight excluding hydrogens is 606 g/mol. The molecule has 5 N–H and O–H groups in total. The van der Waals surface area contributed by atoms with E-state index in [0.717, 1.165) is 12.0 Å². The molecule has 1 aromatic rings. The number of hydrogen-bond acceptors (Lipinski definition) is 9. The maximum Gasteiger partial charge on any atom is 0.303 e. The number of carbonyl (C=O) groups is 4. The van der Waals surface area contributed by atoms with E-state index in [1.807, 2.05) is 26.0 Å². The smallest absolute Gasteiger partial charge is 0.303 e. The molecule has 256 valence electrons. The zero-order valence-corrected chi connectivity index (χ0v) is 27.6. The molecule has 3 saturated heterocycles. The van der Waals surface area contributed by atoms with Gasteiger partial charge in [0.05, 0.1) is 37.4 Å². The first-order valence-corrected chi connectivity index (χ1v) is 16.1. The molecular formula is C35H47N3O9. The zero-order chi connectivity index (χ0) is 34.3. The van der Waals surface area contributed by atoms with Crippen LogP contribution in [0.25, 0.3) is 0 Å². The number of rotatable bonds is 12. The topological polar surface area (TPSA) is 179 Å². The standard InChI is InChI=1S/C35H47N3O9/c1-20(6-13-29-21(2)16-28(23(4)46-29)38-31(40)15-8-22(3)45-24(5)39)7-14-30-33(42)35(19-44-35)18-27(47-30)17-32(41)37-26-11-9-25(10-12-26)34(36)43/h6-12,14-15,21-23,27-30,33,42H,13,16-19H2,1-5H3,(H2,36,43)(H,37,41)(H,38,40)/b14-7+,15-8-,20-6+/t21-,22-,23+,27+,28+,29-,30+,33?,35+/m0/s1. The molecule has 1 aromatic carbocycles. The number of hydrogen-bond donors (Lipinski definition) is 4. The fraction of sp³-hybridized carbons (Fsp3) is 0.543. The molecule has 3 fully saturated rings. The van der Waals surface area contributed by atoms with Crippen LogP contribution in [-0.2, 0) is 33.3 Å². The van der Waals surface area contributed by atoms with E-state index in [4.69, 9.17) is 24.7 Å². The number of amides is 3. The van der Waals surface area contributed by atoms with E-state index in [1.165, 1.54) is 13.0 Å². The molecule has 0 aromatic heterocycles. The van der Waals surface area contributed by atoms with Crippen LogP contribution in [0.4, 0.5) is 5.69 Å². The maximum atomic E-state index is 12.8. The van der Waals surface area contributed by atoms with Gasteiger partial charge >= 0.3 is 5.97 Å². The Morgan fingerprint density at radius 2 is 1.83 bits per heavy atom.